The number of hydrogen-bond acceptors (Lipinski definition) is 4. The van der Waals surface area contributed by atoms with Gasteiger partial charge in [0.15, 0.2) is 0 Å². The number of rotatable bonds is 6. The minimum atomic E-state index is -0.542. The van der Waals surface area contributed by atoms with Gasteiger partial charge in [0.05, 0.1) is 36.1 Å². The molecule has 1 aliphatic rings. The van der Waals surface area contributed by atoms with E-state index in [2.05, 4.69) is 10.4 Å². The largest absolute Gasteiger partial charge is 0.382 e. The van der Waals surface area contributed by atoms with Crippen LogP contribution in [-0.4, -0.2) is 52.3 Å². The molecule has 1 aromatic rings. The van der Waals surface area contributed by atoms with Crippen LogP contribution in [0.1, 0.15) is 38.8 Å². The molecule has 1 N–H and O–H groups in total. The normalized spacial score (nSPS) is 20.8. The van der Waals surface area contributed by atoms with Crippen LogP contribution in [0.25, 0.3) is 0 Å². The molecule has 1 saturated heterocycles. The third-order valence-corrected chi connectivity index (χ3v) is 4.56. The smallest absolute Gasteiger partial charge is 0.226 e. The average Bonchev–Trinajstić information content (AvgIpc) is 3.04. The first kappa shape index (κ1) is 17.5. The SMILES string of the molecule is CCn1ncc(NC(=O)CC2(COC)CCCN2C(C)=O)c1C. The second kappa shape index (κ2) is 7.12. The lowest BCUT2D eigenvalue weighted by molar-refractivity contribution is -0.136. The number of carbonyl (C=O) groups is 2. The monoisotopic (exact) mass is 322 g/mol. The molecule has 7 nitrogen and oxygen atoms in total. The number of methoxy groups -OCH3 is 1. The Bertz CT molecular complexity index is 584. The maximum atomic E-state index is 12.5. The summed E-state index contributed by atoms with van der Waals surface area (Å²) in [6.07, 6.45) is 3.57. The molecule has 2 heterocycles. The van der Waals surface area contributed by atoms with E-state index in [0.29, 0.717) is 13.2 Å². The van der Waals surface area contributed by atoms with E-state index in [9.17, 15) is 9.59 Å². The molecule has 0 aliphatic carbocycles. The molecule has 0 radical (unpaired) electrons. The summed E-state index contributed by atoms with van der Waals surface area (Å²) in [6, 6.07) is 0. The van der Waals surface area contributed by atoms with Crippen LogP contribution in [-0.2, 0) is 20.9 Å². The maximum absolute atomic E-state index is 12.5. The Kier molecular flexibility index (Phi) is 5.41. The van der Waals surface area contributed by atoms with Crippen LogP contribution in [0.3, 0.4) is 0 Å². The van der Waals surface area contributed by atoms with Gasteiger partial charge in [0, 0.05) is 27.1 Å². The van der Waals surface area contributed by atoms with Crippen LogP contribution < -0.4 is 5.32 Å². The highest BCUT2D eigenvalue weighted by Gasteiger charge is 2.44. The molecule has 0 bridgehead atoms. The van der Waals surface area contributed by atoms with Gasteiger partial charge in [0.1, 0.15) is 0 Å². The molecule has 23 heavy (non-hydrogen) atoms. The van der Waals surface area contributed by atoms with E-state index in [1.165, 1.54) is 0 Å². The van der Waals surface area contributed by atoms with Crippen molar-refractivity contribution in [2.45, 2.75) is 52.1 Å². The number of hydrogen-bond donors (Lipinski definition) is 1. The highest BCUT2D eigenvalue weighted by atomic mass is 16.5. The molecule has 2 amide bonds. The van der Waals surface area contributed by atoms with Crippen molar-refractivity contribution in [3.05, 3.63) is 11.9 Å². The Morgan fingerprint density at radius 1 is 1.48 bits per heavy atom. The molecule has 0 spiro atoms. The highest BCUT2D eigenvalue weighted by molar-refractivity contribution is 5.92. The van der Waals surface area contributed by atoms with E-state index in [4.69, 9.17) is 4.74 Å². The molecule has 1 aromatic heterocycles. The summed E-state index contributed by atoms with van der Waals surface area (Å²) in [6.45, 7) is 7.28. The van der Waals surface area contributed by atoms with Gasteiger partial charge in [-0.3, -0.25) is 14.3 Å². The molecule has 2 rings (SSSR count). The van der Waals surface area contributed by atoms with E-state index in [0.717, 1.165) is 30.8 Å². The van der Waals surface area contributed by atoms with Crippen LogP contribution in [0.15, 0.2) is 6.20 Å². The number of anilines is 1. The number of aromatic nitrogens is 2. The number of carbonyl (C=O) groups excluding carboxylic acids is 2. The van der Waals surface area contributed by atoms with Gasteiger partial charge in [-0.25, -0.2) is 0 Å². The summed E-state index contributed by atoms with van der Waals surface area (Å²) in [5.41, 5.74) is 1.10. The molecule has 0 aromatic carbocycles. The first-order valence-corrected chi connectivity index (χ1v) is 8.03. The summed E-state index contributed by atoms with van der Waals surface area (Å²) in [4.78, 5) is 26.2. The van der Waals surface area contributed by atoms with Gasteiger partial charge in [-0.15, -0.1) is 0 Å². The zero-order valence-electron chi connectivity index (χ0n) is 14.4. The fourth-order valence-electron chi connectivity index (χ4n) is 3.46. The van der Waals surface area contributed by atoms with Crippen LogP contribution in [0.4, 0.5) is 5.69 Å². The molecule has 128 valence electrons. The summed E-state index contributed by atoms with van der Waals surface area (Å²) in [5.74, 6) is -0.128. The van der Waals surface area contributed by atoms with Gasteiger partial charge in [-0.05, 0) is 26.7 Å². The minimum Gasteiger partial charge on any atom is -0.382 e. The Balaban J connectivity index is 2.12. The van der Waals surface area contributed by atoms with Gasteiger partial charge >= 0.3 is 0 Å². The summed E-state index contributed by atoms with van der Waals surface area (Å²) < 4.78 is 7.15. The third-order valence-electron chi connectivity index (χ3n) is 4.56. The van der Waals surface area contributed by atoms with Crippen LogP contribution >= 0.6 is 0 Å². The minimum absolute atomic E-state index is 0.0117. The lowest BCUT2D eigenvalue weighted by Gasteiger charge is -2.37. The second-order valence-corrected chi connectivity index (χ2v) is 6.12. The van der Waals surface area contributed by atoms with Crippen molar-refractivity contribution in [3.8, 4) is 0 Å². The fourth-order valence-corrected chi connectivity index (χ4v) is 3.46. The van der Waals surface area contributed by atoms with E-state index in [-0.39, 0.29) is 18.2 Å². The van der Waals surface area contributed by atoms with Gasteiger partial charge < -0.3 is 15.0 Å². The van der Waals surface area contributed by atoms with Crippen LogP contribution in [0.2, 0.25) is 0 Å². The summed E-state index contributed by atoms with van der Waals surface area (Å²) >= 11 is 0. The quantitative estimate of drug-likeness (QED) is 0.862. The lowest BCUT2D eigenvalue weighted by atomic mass is 9.92. The predicted octanol–water partition coefficient (Wildman–Crippen LogP) is 1.57. The van der Waals surface area contributed by atoms with Gasteiger partial charge in [0.2, 0.25) is 11.8 Å². The van der Waals surface area contributed by atoms with Crippen molar-refractivity contribution in [1.29, 1.82) is 0 Å². The number of ether oxygens (including phenoxy) is 1. The van der Waals surface area contributed by atoms with Crippen molar-refractivity contribution in [1.82, 2.24) is 14.7 Å². The van der Waals surface area contributed by atoms with Crippen LogP contribution in [0.5, 0.6) is 0 Å². The summed E-state index contributed by atoms with van der Waals surface area (Å²) in [5, 5.41) is 7.15. The molecule has 1 aliphatic heterocycles. The predicted molar refractivity (Wildman–Crippen MR) is 87.1 cm³/mol. The number of aryl methyl sites for hydroxylation is 1. The Labute approximate surface area is 137 Å². The van der Waals surface area contributed by atoms with Crippen molar-refractivity contribution in [2.24, 2.45) is 0 Å². The zero-order valence-corrected chi connectivity index (χ0v) is 14.4. The zero-order chi connectivity index (χ0) is 17.0. The van der Waals surface area contributed by atoms with E-state index >= 15 is 0 Å². The second-order valence-electron chi connectivity index (χ2n) is 6.12. The standard InChI is InChI=1S/C16H26N4O3/c1-5-20-12(2)14(10-17-20)18-15(22)9-16(11-23-4)7-6-8-19(16)13(3)21/h10H,5-9,11H2,1-4H3,(H,18,22). The maximum Gasteiger partial charge on any atom is 0.226 e. The Morgan fingerprint density at radius 3 is 2.78 bits per heavy atom. The molecule has 1 unspecified atom stereocenters. The number of nitrogens with one attached hydrogen (secondary N) is 1. The van der Waals surface area contributed by atoms with Crippen molar-refractivity contribution in [2.75, 3.05) is 25.6 Å². The molecular weight excluding hydrogens is 296 g/mol. The van der Waals surface area contributed by atoms with Gasteiger partial charge in [-0.1, -0.05) is 0 Å². The number of nitrogens with zero attached hydrogens (tertiary/aromatic N) is 3. The number of likely N-dealkylation sites (tertiary alicyclic amines) is 1. The fraction of sp³-hybridized carbons (Fsp3) is 0.688. The molecule has 7 heteroatoms. The van der Waals surface area contributed by atoms with Crippen molar-refractivity contribution >= 4 is 17.5 Å². The van der Waals surface area contributed by atoms with Gasteiger partial charge in [0.25, 0.3) is 0 Å². The Hall–Kier alpha value is -1.89. The Morgan fingerprint density at radius 2 is 2.22 bits per heavy atom. The van der Waals surface area contributed by atoms with Crippen molar-refractivity contribution < 1.29 is 14.3 Å². The van der Waals surface area contributed by atoms with Crippen molar-refractivity contribution in [3.63, 3.8) is 0 Å². The van der Waals surface area contributed by atoms with E-state index < -0.39 is 5.54 Å². The summed E-state index contributed by atoms with van der Waals surface area (Å²) in [7, 11) is 1.60. The van der Waals surface area contributed by atoms with E-state index in [1.54, 1.807) is 25.1 Å². The number of amides is 2. The first-order valence-electron chi connectivity index (χ1n) is 8.03. The topological polar surface area (TPSA) is 76.5 Å². The third kappa shape index (κ3) is 3.55. The average molecular weight is 322 g/mol. The lowest BCUT2D eigenvalue weighted by Crippen LogP contribution is -2.51. The van der Waals surface area contributed by atoms with E-state index in [1.807, 2.05) is 18.5 Å². The van der Waals surface area contributed by atoms with Crippen LogP contribution in [0, 0.1) is 6.92 Å². The van der Waals surface area contributed by atoms with Gasteiger partial charge in [-0.2, -0.15) is 5.10 Å². The molecule has 0 saturated carbocycles. The highest BCUT2D eigenvalue weighted by Crippen LogP contribution is 2.33. The molecule has 1 atom stereocenters. The molecular formula is C16H26N4O3. The molecule has 1 fully saturated rings. The first-order chi connectivity index (χ1) is 10.9.